The van der Waals surface area contributed by atoms with Crippen molar-refractivity contribution in [2.45, 2.75) is 32.9 Å². The molecular weight excluding hydrogens is 450 g/mol. The molecule has 0 bridgehead atoms. The highest BCUT2D eigenvalue weighted by atomic mass is 19.2. The van der Waals surface area contributed by atoms with Gasteiger partial charge in [0.05, 0.1) is 54.3 Å². The summed E-state index contributed by atoms with van der Waals surface area (Å²) in [6.07, 6.45) is 3.75. The molecule has 0 radical (unpaired) electrons. The van der Waals surface area contributed by atoms with Crippen molar-refractivity contribution < 1.29 is 13.5 Å². The highest BCUT2D eigenvalue weighted by molar-refractivity contribution is 5.80. The number of hydrogen-bond acceptors (Lipinski definition) is 6. The van der Waals surface area contributed by atoms with Crippen LogP contribution >= 0.6 is 0 Å². The molecule has 2 aromatic heterocycles. The van der Waals surface area contributed by atoms with Crippen LogP contribution in [-0.2, 0) is 13.1 Å². The number of hydrogen-bond donors (Lipinski definition) is 1. The summed E-state index contributed by atoms with van der Waals surface area (Å²) in [5.41, 5.74) is 3.93. The van der Waals surface area contributed by atoms with E-state index in [1.807, 2.05) is 36.4 Å². The maximum Gasteiger partial charge on any atom is 0.169 e. The second-order valence-corrected chi connectivity index (χ2v) is 8.25. The third-order valence-corrected chi connectivity index (χ3v) is 5.68. The molecule has 0 amide bonds. The quantitative estimate of drug-likeness (QED) is 0.349. The van der Waals surface area contributed by atoms with E-state index in [9.17, 15) is 8.78 Å². The molecule has 9 heteroatoms. The molecule has 0 unspecified atom stereocenters. The first-order chi connectivity index (χ1) is 17.1. The predicted molar refractivity (Wildman–Crippen MR) is 129 cm³/mol. The van der Waals surface area contributed by atoms with E-state index in [4.69, 9.17) is 4.74 Å². The summed E-state index contributed by atoms with van der Waals surface area (Å²) < 4.78 is 33.5. The Bertz CT molecular complexity index is 1340. The zero-order valence-corrected chi connectivity index (χ0v) is 19.2. The van der Waals surface area contributed by atoms with Crippen LogP contribution in [0.2, 0.25) is 0 Å². The second kappa shape index (κ2) is 10.0. The molecule has 0 aliphatic carbocycles. The van der Waals surface area contributed by atoms with Gasteiger partial charge in [-0.2, -0.15) is 15.3 Å². The van der Waals surface area contributed by atoms with Crippen LogP contribution in [0.3, 0.4) is 0 Å². The van der Waals surface area contributed by atoms with Crippen LogP contribution in [0.25, 0.3) is 22.6 Å². The minimum atomic E-state index is -0.929. The monoisotopic (exact) mass is 474 g/mol. The molecule has 1 aliphatic rings. The number of unbranched alkanes of at least 4 members (excludes halogenated alkanes) is 1. The predicted octanol–water partition coefficient (Wildman–Crippen LogP) is 5.34. The van der Waals surface area contributed by atoms with E-state index in [1.54, 1.807) is 11.2 Å². The molecule has 35 heavy (non-hydrogen) atoms. The summed E-state index contributed by atoms with van der Waals surface area (Å²) in [4.78, 5) is 7.47. The van der Waals surface area contributed by atoms with Crippen LogP contribution in [0.15, 0.2) is 59.7 Å². The number of halogens is 2. The van der Waals surface area contributed by atoms with Crippen molar-refractivity contribution in [1.82, 2.24) is 25.2 Å². The fourth-order valence-corrected chi connectivity index (χ4v) is 3.76. The maximum absolute atomic E-state index is 14.2. The zero-order chi connectivity index (χ0) is 24.2. The Balaban J connectivity index is 1.23. The van der Waals surface area contributed by atoms with E-state index in [2.05, 4.69) is 32.2 Å². The minimum Gasteiger partial charge on any atom is -0.494 e. The molecule has 0 fully saturated rings. The summed E-state index contributed by atoms with van der Waals surface area (Å²) in [5, 5.41) is 14.9. The number of ether oxygens (including phenoxy) is 1. The normalized spacial score (nSPS) is 12.6. The lowest BCUT2D eigenvalue weighted by molar-refractivity contribution is 0.261. The van der Waals surface area contributed by atoms with Gasteiger partial charge in [0.15, 0.2) is 11.6 Å². The van der Waals surface area contributed by atoms with Crippen LogP contribution in [-0.4, -0.2) is 38.0 Å². The van der Waals surface area contributed by atoms with Gasteiger partial charge in [-0.25, -0.2) is 13.8 Å². The van der Waals surface area contributed by atoms with Gasteiger partial charge >= 0.3 is 0 Å². The Labute approximate surface area is 201 Å². The number of nitrogens with zero attached hydrogens (tertiary/aromatic N) is 5. The van der Waals surface area contributed by atoms with Crippen molar-refractivity contribution in [2.75, 3.05) is 6.61 Å². The third kappa shape index (κ3) is 5.03. The number of imidazole rings is 1. The van der Waals surface area contributed by atoms with Crippen molar-refractivity contribution >= 4 is 6.21 Å². The fraction of sp³-hybridized carbons (Fsp3) is 0.231. The number of benzene rings is 2. The Morgan fingerprint density at radius 1 is 1.03 bits per heavy atom. The smallest absolute Gasteiger partial charge is 0.169 e. The first kappa shape index (κ1) is 22.6. The van der Waals surface area contributed by atoms with Crippen LogP contribution in [0.5, 0.6) is 5.75 Å². The maximum atomic E-state index is 14.2. The summed E-state index contributed by atoms with van der Waals surface area (Å²) in [5.74, 6) is -0.728. The standard InChI is InChI=1S/C26H24F2N6O/c1-2-3-13-35-19-10-7-17(8-11-19)22-12-9-18(32-33-22)15-34-16-24-23(14-29-34)30-26(31-24)20-5-4-6-21(27)25(20)28/h4-12,14H,2-3,13,15-16H2,1H3,(H,30,31). The van der Waals surface area contributed by atoms with Crippen LogP contribution in [0.1, 0.15) is 36.8 Å². The van der Waals surface area contributed by atoms with Gasteiger partial charge in [0.2, 0.25) is 0 Å². The Kier molecular flexibility index (Phi) is 6.47. The van der Waals surface area contributed by atoms with E-state index in [0.717, 1.165) is 41.6 Å². The lowest BCUT2D eigenvalue weighted by Gasteiger charge is -2.20. The van der Waals surface area contributed by atoms with E-state index >= 15 is 0 Å². The van der Waals surface area contributed by atoms with Crippen LogP contribution in [0.4, 0.5) is 8.78 Å². The first-order valence-electron chi connectivity index (χ1n) is 11.5. The Morgan fingerprint density at radius 3 is 2.66 bits per heavy atom. The Morgan fingerprint density at radius 2 is 1.89 bits per heavy atom. The zero-order valence-electron chi connectivity index (χ0n) is 19.2. The van der Waals surface area contributed by atoms with Gasteiger partial charge < -0.3 is 9.72 Å². The van der Waals surface area contributed by atoms with Gasteiger partial charge in [-0.15, -0.1) is 0 Å². The summed E-state index contributed by atoms with van der Waals surface area (Å²) in [6, 6.07) is 15.7. The molecular formula is C26H24F2N6O. The minimum absolute atomic E-state index is 0.0846. The molecule has 5 rings (SSSR count). The fourth-order valence-electron chi connectivity index (χ4n) is 3.76. The number of nitrogens with one attached hydrogen (secondary N) is 1. The first-order valence-corrected chi connectivity index (χ1v) is 11.5. The second-order valence-electron chi connectivity index (χ2n) is 8.25. The molecule has 3 heterocycles. The van der Waals surface area contributed by atoms with Gasteiger partial charge in [-0.05, 0) is 55.0 Å². The largest absolute Gasteiger partial charge is 0.494 e. The number of aromatic nitrogens is 4. The van der Waals surface area contributed by atoms with E-state index < -0.39 is 11.6 Å². The molecule has 2 aromatic carbocycles. The summed E-state index contributed by atoms with van der Waals surface area (Å²) in [7, 11) is 0. The molecule has 0 spiro atoms. The van der Waals surface area contributed by atoms with Crippen molar-refractivity contribution in [3.05, 3.63) is 83.3 Å². The van der Waals surface area contributed by atoms with Crippen molar-refractivity contribution in [2.24, 2.45) is 5.10 Å². The van der Waals surface area contributed by atoms with E-state index in [1.165, 1.54) is 12.1 Å². The van der Waals surface area contributed by atoms with E-state index in [-0.39, 0.29) is 11.4 Å². The lowest BCUT2D eigenvalue weighted by atomic mass is 10.1. The number of rotatable bonds is 8. The summed E-state index contributed by atoms with van der Waals surface area (Å²) in [6.45, 7) is 3.69. The average Bonchev–Trinajstić information content (AvgIpc) is 3.30. The highest BCUT2D eigenvalue weighted by Gasteiger charge is 2.20. The topological polar surface area (TPSA) is 79.3 Å². The number of fused-ring (bicyclic) bond motifs is 1. The lowest BCUT2D eigenvalue weighted by Crippen LogP contribution is -2.22. The molecule has 1 N–H and O–H groups in total. The molecule has 1 aliphatic heterocycles. The summed E-state index contributed by atoms with van der Waals surface area (Å²) >= 11 is 0. The number of aromatic amines is 1. The van der Waals surface area contributed by atoms with Gasteiger partial charge in [-0.1, -0.05) is 19.4 Å². The van der Waals surface area contributed by atoms with Crippen LogP contribution in [0, 0.1) is 11.6 Å². The van der Waals surface area contributed by atoms with Crippen LogP contribution < -0.4 is 4.74 Å². The highest BCUT2D eigenvalue weighted by Crippen LogP contribution is 2.25. The van der Waals surface area contributed by atoms with Crippen molar-refractivity contribution in [1.29, 1.82) is 0 Å². The van der Waals surface area contributed by atoms with Gasteiger partial charge in [0, 0.05) is 5.56 Å². The molecule has 0 saturated carbocycles. The van der Waals surface area contributed by atoms with Gasteiger partial charge in [0.1, 0.15) is 11.6 Å². The SMILES string of the molecule is CCCCOc1ccc(-c2ccc(CN3Cc4nc(-c5cccc(F)c5F)[nH]c4C=N3)nn2)cc1. The average molecular weight is 475 g/mol. The molecule has 0 atom stereocenters. The third-order valence-electron chi connectivity index (χ3n) is 5.68. The molecule has 0 saturated heterocycles. The molecule has 7 nitrogen and oxygen atoms in total. The Hall–Kier alpha value is -4.14. The van der Waals surface area contributed by atoms with E-state index in [0.29, 0.717) is 31.1 Å². The van der Waals surface area contributed by atoms with Crippen molar-refractivity contribution in [3.63, 3.8) is 0 Å². The van der Waals surface area contributed by atoms with Crippen molar-refractivity contribution in [3.8, 4) is 28.4 Å². The molecule has 4 aromatic rings. The number of hydrazone groups is 1. The molecule has 178 valence electrons. The van der Waals surface area contributed by atoms with Gasteiger partial charge in [-0.3, -0.25) is 5.01 Å². The number of H-pyrrole nitrogens is 1. The van der Waals surface area contributed by atoms with Gasteiger partial charge in [0.25, 0.3) is 0 Å².